The Hall–Kier alpha value is -1.24. The highest BCUT2D eigenvalue weighted by Crippen LogP contribution is 2.40. The van der Waals surface area contributed by atoms with E-state index in [0.29, 0.717) is 11.8 Å². The zero-order valence-electron chi connectivity index (χ0n) is 14.3. The van der Waals surface area contributed by atoms with Crippen LogP contribution < -0.4 is 5.56 Å². The van der Waals surface area contributed by atoms with E-state index in [1.54, 1.807) is 11.3 Å². The average molecular weight is 348 g/mol. The number of H-pyrrole nitrogens is 1. The van der Waals surface area contributed by atoms with Gasteiger partial charge in [0.1, 0.15) is 10.7 Å². The van der Waals surface area contributed by atoms with Crippen molar-refractivity contribution >= 4 is 21.6 Å². The number of fused-ring (bicyclic) bond motifs is 1. The van der Waals surface area contributed by atoms with Gasteiger partial charge in [-0.15, -0.1) is 11.3 Å². The monoisotopic (exact) mass is 348 g/mol. The first kappa shape index (κ1) is 16.2. The van der Waals surface area contributed by atoms with Crippen molar-refractivity contribution in [2.45, 2.75) is 52.1 Å². The molecule has 4 heterocycles. The van der Waals surface area contributed by atoms with Crippen LogP contribution in [0.15, 0.2) is 4.79 Å². The van der Waals surface area contributed by atoms with Gasteiger partial charge in [-0.3, -0.25) is 4.79 Å². The van der Waals surface area contributed by atoms with Crippen molar-refractivity contribution < 1.29 is 9.47 Å². The van der Waals surface area contributed by atoms with E-state index in [4.69, 9.17) is 9.47 Å². The van der Waals surface area contributed by atoms with Crippen LogP contribution in [0.3, 0.4) is 0 Å². The Morgan fingerprint density at radius 2 is 2.08 bits per heavy atom. The molecule has 1 spiro atoms. The molecule has 0 amide bonds. The summed E-state index contributed by atoms with van der Waals surface area (Å²) in [5.41, 5.74) is 1.35. The molecule has 2 saturated heterocycles. The van der Waals surface area contributed by atoms with Crippen LogP contribution in [0.4, 0.5) is 0 Å². The maximum atomic E-state index is 12.4. The van der Waals surface area contributed by atoms with Gasteiger partial charge in [-0.25, -0.2) is 4.98 Å². The normalized spacial score (nSPS) is 23.8. The summed E-state index contributed by atoms with van der Waals surface area (Å²) in [5.74, 6) is 0.752. The van der Waals surface area contributed by atoms with Crippen LogP contribution in [0.2, 0.25) is 0 Å². The molecule has 0 saturated carbocycles. The summed E-state index contributed by atoms with van der Waals surface area (Å²) in [5, 5.41) is 0.743. The lowest BCUT2D eigenvalue weighted by Gasteiger charge is -2.42. The van der Waals surface area contributed by atoms with Crippen LogP contribution in [0.1, 0.15) is 41.9 Å². The molecule has 1 N–H and O–H groups in total. The van der Waals surface area contributed by atoms with E-state index in [-0.39, 0.29) is 11.7 Å². The Bertz CT molecular complexity index is 794. The van der Waals surface area contributed by atoms with Crippen molar-refractivity contribution in [2.75, 3.05) is 19.8 Å². The molecular weight excluding hydrogens is 324 g/mol. The summed E-state index contributed by atoms with van der Waals surface area (Å²) in [6, 6.07) is 0. The predicted molar refractivity (Wildman–Crippen MR) is 94.9 cm³/mol. The van der Waals surface area contributed by atoms with E-state index in [1.807, 2.05) is 13.8 Å². The SMILES string of the molecule is Cc1sc2nc(CC3CCC4(CCOCC4)CO3)[nH]c(=O)c2c1C. The van der Waals surface area contributed by atoms with Crippen molar-refractivity contribution in [3.05, 3.63) is 26.6 Å². The number of nitrogens with one attached hydrogen (secondary N) is 1. The van der Waals surface area contributed by atoms with Crippen molar-refractivity contribution in [3.63, 3.8) is 0 Å². The van der Waals surface area contributed by atoms with E-state index in [0.717, 1.165) is 65.6 Å². The maximum absolute atomic E-state index is 12.4. The molecule has 2 aromatic heterocycles. The molecular formula is C18H24N2O3S. The van der Waals surface area contributed by atoms with Crippen LogP contribution in [0, 0.1) is 19.3 Å². The number of aromatic amines is 1. The highest BCUT2D eigenvalue weighted by atomic mass is 32.1. The molecule has 2 fully saturated rings. The van der Waals surface area contributed by atoms with Crippen LogP contribution in [-0.4, -0.2) is 35.9 Å². The van der Waals surface area contributed by atoms with E-state index >= 15 is 0 Å². The van der Waals surface area contributed by atoms with Gasteiger partial charge in [0.15, 0.2) is 0 Å². The van der Waals surface area contributed by atoms with Gasteiger partial charge in [0.25, 0.3) is 5.56 Å². The molecule has 1 unspecified atom stereocenters. The predicted octanol–water partition coefficient (Wildman–Crippen LogP) is 3.12. The minimum absolute atomic E-state index is 0.0199. The topological polar surface area (TPSA) is 64.2 Å². The lowest BCUT2D eigenvalue weighted by molar-refractivity contribution is -0.105. The molecule has 0 aliphatic carbocycles. The van der Waals surface area contributed by atoms with Gasteiger partial charge < -0.3 is 14.5 Å². The van der Waals surface area contributed by atoms with Crippen molar-refractivity contribution in [3.8, 4) is 0 Å². The largest absolute Gasteiger partial charge is 0.381 e. The highest BCUT2D eigenvalue weighted by Gasteiger charge is 2.37. The molecule has 0 radical (unpaired) electrons. The third-order valence-corrected chi connectivity index (χ3v) is 6.79. The van der Waals surface area contributed by atoms with Gasteiger partial charge >= 0.3 is 0 Å². The van der Waals surface area contributed by atoms with Crippen LogP contribution in [-0.2, 0) is 15.9 Å². The van der Waals surface area contributed by atoms with Gasteiger partial charge in [-0.05, 0) is 50.5 Å². The number of thiophene rings is 1. The third-order valence-electron chi connectivity index (χ3n) is 5.68. The second kappa shape index (κ2) is 6.24. The minimum Gasteiger partial charge on any atom is -0.381 e. The number of hydrogen-bond acceptors (Lipinski definition) is 5. The number of aryl methyl sites for hydroxylation is 2. The fourth-order valence-electron chi connectivity index (χ4n) is 3.89. The average Bonchev–Trinajstić information content (AvgIpc) is 2.86. The summed E-state index contributed by atoms with van der Waals surface area (Å²) in [4.78, 5) is 22.0. The summed E-state index contributed by atoms with van der Waals surface area (Å²) in [6.07, 6.45) is 5.27. The molecule has 2 aromatic rings. The summed E-state index contributed by atoms with van der Waals surface area (Å²) >= 11 is 1.60. The molecule has 1 atom stereocenters. The van der Waals surface area contributed by atoms with Gasteiger partial charge in [0, 0.05) is 24.5 Å². The molecule has 130 valence electrons. The zero-order chi connectivity index (χ0) is 16.7. The molecule has 24 heavy (non-hydrogen) atoms. The van der Waals surface area contributed by atoms with Crippen molar-refractivity contribution in [2.24, 2.45) is 5.41 Å². The van der Waals surface area contributed by atoms with E-state index in [1.165, 1.54) is 6.42 Å². The Labute approximate surface area is 145 Å². The van der Waals surface area contributed by atoms with Gasteiger partial charge in [-0.2, -0.15) is 0 Å². The molecule has 0 aromatic carbocycles. The molecule has 0 bridgehead atoms. The minimum atomic E-state index is -0.0199. The van der Waals surface area contributed by atoms with Crippen LogP contribution in [0.25, 0.3) is 10.2 Å². The summed E-state index contributed by atoms with van der Waals surface area (Å²) < 4.78 is 11.6. The first-order valence-electron chi connectivity index (χ1n) is 8.75. The zero-order valence-corrected chi connectivity index (χ0v) is 15.1. The highest BCUT2D eigenvalue weighted by molar-refractivity contribution is 7.18. The summed E-state index contributed by atoms with van der Waals surface area (Å²) in [7, 11) is 0. The van der Waals surface area contributed by atoms with Crippen molar-refractivity contribution in [1.29, 1.82) is 0 Å². The standard InChI is InChI=1S/C18H24N2O3S/c1-11-12(2)24-17-15(11)16(21)19-14(20-17)9-13-3-4-18(10-23-13)5-7-22-8-6-18/h13H,3-10H2,1-2H3,(H,19,20,21). The number of nitrogens with zero attached hydrogens (tertiary/aromatic N) is 1. The second-order valence-corrected chi connectivity index (χ2v) is 8.47. The fourth-order valence-corrected chi connectivity index (χ4v) is 4.94. The fraction of sp³-hybridized carbons (Fsp3) is 0.667. The molecule has 4 rings (SSSR count). The maximum Gasteiger partial charge on any atom is 0.259 e. The Morgan fingerprint density at radius 3 is 2.79 bits per heavy atom. The van der Waals surface area contributed by atoms with E-state index in [9.17, 15) is 4.79 Å². The first-order chi connectivity index (χ1) is 11.6. The Morgan fingerprint density at radius 1 is 1.29 bits per heavy atom. The number of aromatic nitrogens is 2. The Balaban J connectivity index is 1.48. The summed E-state index contributed by atoms with van der Waals surface area (Å²) in [6.45, 7) is 6.55. The molecule has 5 nitrogen and oxygen atoms in total. The lowest BCUT2D eigenvalue weighted by atomic mass is 9.75. The van der Waals surface area contributed by atoms with Crippen LogP contribution in [0.5, 0.6) is 0 Å². The van der Waals surface area contributed by atoms with Gasteiger partial charge in [0.2, 0.25) is 0 Å². The van der Waals surface area contributed by atoms with Crippen molar-refractivity contribution in [1.82, 2.24) is 9.97 Å². The number of ether oxygens (including phenoxy) is 2. The molecule has 2 aliphatic rings. The van der Waals surface area contributed by atoms with E-state index in [2.05, 4.69) is 9.97 Å². The van der Waals surface area contributed by atoms with E-state index < -0.39 is 0 Å². The number of rotatable bonds is 2. The van der Waals surface area contributed by atoms with Crippen LogP contribution >= 0.6 is 11.3 Å². The molecule has 6 heteroatoms. The first-order valence-corrected chi connectivity index (χ1v) is 9.56. The smallest absolute Gasteiger partial charge is 0.259 e. The van der Waals surface area contributed by atoms with Gasteiger partial charge in [0.05, 0.1) is 18.1 Å². The quantitative estimate of drug-likeness (QED) is 0.906. The molecule has 2 aliphatic heterocycles. The lowest BCUT2D eigenvalue weighted by Crippen LogP contribution is -2.41. The number of hydrogen-bond donors (Lipinski definition) is 1. The second-order valence-electron chi connectivity index (χ2n) is 7.26. The Kier molecular flexibility index (Phi) is 4.22. The third kappa shape index (κ3) is 2.91. The van der Waals surface area contributed by atoms with Gasteiger partial charge in [-0.1, -0.05) is 0 Å².